The van der Waals surface area contributed by atoms with Gasteiger partial charge >= 0.3 is 0 Å². The molecule has 0 saturated carbocycles. The Hall–Kier alpha value is -1.02. The molecule has 14 heavy (non-hydrogen) atoms. The van der Waals surface area contributed by atoms with Crippen molar-refractivity contribution in [1.29, 1.82) is 0 Å². The third-order valence-corrected chi connectivity index (χ3v) is 3.02. The zero-order chi connectivity index (χ0) is 10.8. The Bertz CT molecular complexity index is 305. The first-order chi connectivity index (χ1) is 6.47. The van der Waals surface area contributed by atoms with Crippen molar-refractivity contribution in [3.8, 4) is 0 Å². The molecule has 1 aromatic rings. The molecule has 4 N–H and O–H groups in total. The van der Waals surface area contributed by atoms with Gasteiger partial charge in [-0.1, -0.05) is 32.9 Å². The van der Waals surface area contributed by atoms with E-state index in [4.69, 9.17) is 11.5 Å². The number of nitrogens with two attached hydrogens (primary N) is 2. The third kappa shape index (κ3) is 2.26. The van der Waals surface area contributed by atoms with E-state index in [1.807, 2.05) is 24.3 Å². The molecule has 1 aromatic carbocycles. The standard InChI is InChI=1S/C12H20N2/c1-4-12(2,3)11(14)9-6-5-7-10(13)8-9/h5-8,11H,4,13-14H2,1-3H3. The fraction of sp³-hybridized carbons (Fsp3) is 0.500. The Balaban J connectivity index is 2.94. The molecule has 1 rings (SSSR count). The number of rotatable bonds is 3. The molecular weight excluding hydrogens is 172 g/mol. The molecule has 0 heterocycles. The highest BCUT2D eigenvalue weighted by Gasteiger charge is 2.25. The molecule has 0 fully saturated rings. The van der Waals surface area contributed by atoms with Gasteiger partial charge in [-0.15, -0.1) is 0 Å². The predicted molar refractivity (Wildman–Crippen MR) is 61.9 cm³/mol. The van der Waals surface area contributed by atoms with Gasteiger partial charge in [-0.2, -0.15) is 0 Å². The lowest BCUT2D eigenvalue weighted by molar-refractivity contribution is 0.278. The van der Waals surface area contributed by atoms with E-state index in [0.717, 1.165) is 17.7 Å². The number of hydrogen-bond donors (Lipinski definition) is 2. The Morgan fingerprint density at radius 2 is 2.00 bits per heavy atom. The zero-order valence-electron chi connectivity index (χ0n) is 9.25. The highest BCUT2D eigenvalue weighted by Crippen LogP contribution is 2.34. The van der Waals surface area contributed by atoms with Gasteiger partial charge < -0.3 is 11.5 Å². The third-order valence-electron chi connectivity index (χ3n) is 3.02. The summed E-state index contributed by atoms with van der Waals surface area (Å²) < 4.78 is 0. The fourth-order valence-electron chi connectivity index (χ4n) is 1.42. The SMILES string of the molecule is CCC(C)(C)C(N)c1cccc(N)c1. The van der Waals surface area contributed by atoms with Crippen LogP contribution in [0.2, 0.25) is 0 Å². The summed E-state index contributed by atoms with van der Waals surface area (Å²) in [5, 5.41) is 0. The van der Waals surface area contributed by atoms with E-state index in [-0.39, 0.29) is 11.5 Å². The van der Waals surface area contributed by atoms with E-state index in [1.165, 1.54) is 0 Å². The highest BCUT2D eigenvalue weighted by atomic mass is 14.7. The average molecular weight is 192 g/mol. The van der Waals surface area contributed by atoms with Crippen LogP contribution in [0.1, 0.15) is 38.8 Å². The van der Waals surface area contributed by atoms with Crippen molar-refractivity contribution < 1.29 is 0 Å². The van der Waals surface area contributed by atoms with Crippen LogP contribution < -0.4 is 11.5 Å². The van der Waals surface area contributed by atoms with Gasteiger partial charge in [0.2, 0.25) is 0 Å². The van der Waals surface area contributed by atoms with Crippen LogP contribution in [0.15, 0.2) is 24.3 Å². The van der Waals surface area contributed by atoms with E-state index in [9.17, 15) is 0 Å². The summed E-state index contributed by atoms with van der Waals surface area (Å²) in [5.74, 6) is 0. The molecule has 1 atom stereocenters. The minimum absolute atomic E-state index is 0.0519. The minimum Gasteiger partial charge on any atom is -0.399 e. The fourth-order valence-corrected chi connectivity index (χ4v) is 1.42. The van der Waals surface area contributed by atoms with E-state index >= 15 is 0 Å². The van der Waals surface area contributed by atoms with Gasteiger partial charge in [-0.3, -0.25) is 0 Å². The number of hydrogen-bond acceptors (Lipinski definition) is 2. The van der Waals surface area contributed by atoms with Crippen molar-refractivity contribution in [3.05, 3.63) is 29.8 Å². The van der Waals surface area contributed by atoms with Crippen LogP contribution in [0.4, 0.5) is 5.69 Å². The quantitative estimate of drug-likeness (QED) is 0.723. The van der Waals surface area contributed by atoms with Crippen LogP contribution in [-0.4, -0.2) is 0 Å². The summed E-state index contributed by atoms with van der Waals surface area (Å²) >= 11 is 0. The summed E-state index contributed by atoms with van der Waals surface area (Å²) in [6.07, 6.45) is 1.06. The van der Waals surface area contributed by atoms with Gasteiger partial charge in [-0.05, 0) is 29.5 Å². The van der Waals surface area contributed by atoms with Crippen molar-refractivity contribution in [2.45, 2.75) is 33.2 Å². The zero-order valence-corrected chi connectivity index (χ0v) is 9.25. The number of benzene rings is 1. The molecule has 0 aliphatic heterocycles. The van der Waals surface area contributed by atoms with Crippen LogP contribution >= 0.6 is 0 Å². The lowest BCUT2D eigenvalue weighted by Crippen LogP contribution is -2.28. The second-order valence-electron chi connectivity index (χ2n) is 4.49. The van der Waals surface area contributed by atoms with Gasteiger partial charge in [0.1, 0.15) is 0 Å². The summed E-state index contributed by atoms with van der Waals surface area (Å²) in [7, 11) is 0. The second kappa shape index (κ2) is 4.01. The topological polar surface area (TPSA) is 52.0 Å². The maximum absolute atomic E-state index is 6.20. The first kappa shape index (κ1) is 11.1. The van der Waals surface area contributed by atoms with Crippen molar-refractivity contribution in [1.82, 2.24) is 0 Å². The molecule has 0 aliphatic carbocycles. The van der Waals surface area contributed by atoms with Gasteiger partial charge in [0.15, 0.2) is 0 Å². The molecule has 0 aromatic heterocycles. The Labute approximate surface area is 86.3 Å². The van der Waals surface area contributed by atoms with Crippen LogP contribution in [0.3, 0.4) is 0 Å². The molecular formula is C12H20N2. The van der Waals surface area contributed by atoms with Crippen LogP contribution in [0, 0.1) is 5.41 Å². The van der Waals surface area contributed by atoms with Crippen molar-refractivity contribution >= 4 is 5.69 Å². The summed E-state index contributed by atoms with van der Waals surface area (Å²) in [5.41, 5.74) is 13.9. The Kier molecular flexibility index (Phi) is 3.17. The summed E-state index contributed by atoms with van der Waals surface area (Å²) in [6.45, 7) is 6.52. The van der Waals surface area contributed by atoms with Crippen molar-refractivity contribution in [2.24, 2.45) is 11.1 Å². The molecule has 0 spiro atoms. The number of nitrogen functional groups attached to an aromatic ring is 1. The normalized spacial score (nSPS) is 14.0. The maximum atomic E-state index is 6.20. The first-order valence-electron chi connectivity index (χ1n) is 5.08. The van der Waals surface area contributed by atoms with E-state index < -0.39 is 0 Å². The average Bonchev–Trinajstić information content (AvgIpc) is 2.16. The van der Waals surface area contributed by atoms with Crippen molar-refractivity contribution in [3.63, 3.8) is 0 Å². The van der Waals surface area contributed by atoms with Gasteiger partial charge in [0.25, 0.3) is 0 Å². The molecule has 2 heteroatoms. The predicted octanol–water partition coefficient (Wildman–Crippen LogP) is 2.70. The van der Waals surface area contributed by atoms with Gasteiger partial charge in [0, 0.05) is 11.7 Å². The van der Waals surface area contributed by atoms with Crippen LogP contribution in [0.25, 0.3) is 0 Å². The first-order valence-corrected chi connectivity index (χ1v) is 5.08. The largest absolute Gasteiger partial charge is 0.399 e. The molecule has 0 saturated heterocycles. The van der Waals surface area contributed by atoms with E-state index in [1.54, 1.807) is 0 Å². The molecule has 0 radical (unpaired) electrons. The molecule has 78 valence electrons. The van der Waals surface area contributed by atoms with Gasteiger partial charge in [0.05, 0.1) is 0 Å². The molecule has 1 unspecified atom stereocenters. The lowest BCUT2D eigenvalue weighted by atomic mass is 9.79. The molecule has 0 bridgehead atoms. The van der Waals surface area contributed by atoms with Crippen molar-refractivity contribution in [2.75, 3.05) is 5.73 Å². The Morgan fingerprint density at radius 3 is 2.50 bits per heavy atom. The summed E-state index contributed by atoms with van der Waals surface area (Å²) in [4.78, 5) is 0. The van der Waals surface area contributed by atoms with E-state index in [2.05, 4.69) is 20.8 Å². The molecule has 0 amide bonds. The smallest absolute Gasteiger partial charge is 0.0347 e. The Morgan fingerprint density at radius 1 is 1.36 bits per heavy atom. The molecule has 0 aliphatic rings. The number of anilines is 1. The summed E-state index contributed by atoms with van der Waals surface area (Å²) in [6, 6.07) is 7.89. The molecule has 2 nitrogen and oxygen atoms in total. The van der Waals surface area contributed by atoms with E-state index in [0.29, 0.717) is 0 Å². The van der Waals surface area contributed by atoms with Gasteiger partial charge in [-0.25, -0.2) is 0 Å². The monoisotopic (exact) mass is 192 g/mol. The second-order valence-corrected chi connectivity index (χ2v) is 4.49. The van der Waals surface area contributed by atoms with Crippen LogP contribution in [-0.2, 0) is 0 Å². The lowest BCUT2D eigenvalue weighted by Gasteiger charge is -2.30. The highest BCUT2D eigenvalue weighted by molar-refractivity contribution is 5.42. The maximum Gasteiger partial charge on any atom is 0.0347 e. The van der Waals surface area contributed by atoms with Crippen LogP contribution in [0.5, 0.6) is 0 Å². The minimum atomic E-state index is 0.0519.